The Bertz CT molecular complexity index is 345. The molecule has 1 aromatic rings. The lowest BCUT2D eigenvalue weighted by Crippen LogP contribution is -1.94. The minimum atomic E-state index is 0.679. The van der Waals surface area contributed by atoms with E-state index in [9.17, 15) is 0 Å². The van der Waals surface area contributed by atoms with Crippen LogP contribution in [0.3, 0.4) is 0 Å². The van der Waals surface area contributed by atoms with Crippen molar-refractivity contribution in [2.24, 2.45) is 0 Å². The Balaban J connectivity index is 2.46. The maximum absolute atomic E-state index is 5.57. The van der Waals surface area contributed by atoms with Crippen molar-refractivity contribution >= 4 is 11.6 Å². The number of unbranched alkanes of at least 4 members (excludes halogenated alkanes) is 1. The topological polar surface area (TPSA) is 9.23 Å². The molecule has 1 nitrogen and oxygen atoms in total. The van der Waals surface area contributed by atoms with E-state index in [4.69, 9.17) is 16.3 Å². The molecule has 0 N–H and O–H groups in total. The largest absolute Gasteiger partial charge is 0.494 e. The molecular weight excluding hydrogens is 220 g/mol. The van der Waals surface area contributed by atoms with E-state index in [-0.39, 0.29) is 0 Å². The summed E-state index contributed by atoms with van der Waals surface area (Å²) in [6.45, 7) is 2.86. The average molecular weight is 237 g/mol. The molecule has 0 heterocycles. The summed E-state index contributed by atoms with van der Waals surface area (Å²) >= 11 is 5.57. The zero-order valence-electron chi connectivity index (χ0n) is 9.63. The van der Waals surface area contributed by atoms with Gasteiger partial charge in [0, 0.05) is 17.9 Å². The lowest BCUT2D eigenvalue weighted by Gasteiger charge is -2.03. The molecule has 1 rings (SSSR count). The highest BCUT2D eigenvalue weighted by Gasteiger charge is 1.92. The van der Waals surface area contributed by atoms with Crippen molar-refractivity contribution in [3.63, 3.8) is 0 Å². The molecule has 0 aromatic heterocycles. The van der Waals surface area contributed by atoms with Gasteiger partial charge in [-0.2, -0.15) is 0 Å². The van der Waals surface area contributed by atoms with Crippen LogP contribution < -0.4 is 4.74 Å². The predicted molar refractivity (Wildman–Crippen MR) is 69.1 cm³/mol. The summed E-state index contributed by atoms with van der Waals surface area (Å²) in [4.78, 5) is 0. The third-order valence-corrected chi connectivity index (χ3v) is 2.26. The summed E-state index contributed by atoms with van der Waals surface area (Å²) in [5.41, 5.74) is 1.03. The Labute approximate surface area is 103 Å². The minimum Gasteiger partial charge on any atom is -0.494 e. The van der Waals surface area contributed by atoms with E-state index in [2.05, 4.69) is 18.8 Å². The summed E-state index contributed by atoms with van der Waals surface area (Å²) in [5, 5.41) is 0. The van der Waals surface area contributed by atoms with E-state index in [0.717, 1.165) is 37.2 Å². The van der Waals surface area contributed by atoms with Crippen LogP contribution in [0, 0.1) is 11.8 Å². The van der Waals surface area contributed by atoms with Gasteiger partial charge >= 0.3 is 0 Å². The molecule has 0 atom stereocenters. The van der Waals surface area contributed by atoms with Crippen molar-refractivity contribution in [2.45, 2.75) is 26.2 Å². The van der Waals surface area contributed by atoms with Crippen LogP contribution in [0.2, 0.25) is 0 Å². The molecule has 2 heteroatoms. The Kier molecular flexibility index (Phi) is 6.53. The summed E-state index contributed by atoms with van der Waals surface area (Å²) in [7, 11) is 0. The number of halogens is 1. The lowest BCUT2D eigenvalue weighted by molar-refractivity contribution is 0.317. The third kappa shape index (κ3) is 5.09. The number of hydrogen-bond acceptors (Lipinski definition) is 1. The SMILES string of the molecule is CCCOc1ccc(C#CCCCCl)cc1. The number of alkyl halides is 1. The highest BCUT2D eigenvalue weighted by Crippen LogP contribution is 2.11. The predicted octanol–water partition coefficient (Wildman–Crippen LogP) is 3.85. The van der Waals surface area contributed by atoms with E-state index in [1.165, 1.54) is 0 Å². The molecule has 0 aliphatic rings. The summed E-state index contributed by atoms with van der Waals surface area (Å²) < 4.78 is 5.49. The van der Waals surface area contributed by atoms with Crippen molar-refractivity contribution in [3.8, 4) is 17.6 Å². The van der Waals surface area contributed by atoms with Crippen LogP contribution in [-0.4, -0.2) is 12.5 Å². The van der Waals surface area contributed by atoms with Crippen molar-refractivity contribution in [1.29, 1.82) is 0 Å². The van der Waals surface area contributed by atoms with Crippen molar-refractivity contribution in [1.82, 2.24) is 0 Å². The van der Waals surface area contributed by atoms with E-state index < -0.39 is 0 Å². The molecule has 0 aliphatic heterocycles. The second-order valence-corrected chi connectivity index (χ2v) is 3.85. The van der Waals surface area contributed by atoms with Gasteiger partial charge in [0.05, 0.1) is 6.61 Å². The first-order valence-electron chi connectivity index (χ1n) is 5.64. The van der Waals surface area contributed by atoms with Gasteiger partial charge in [-0.3, -0.25) is 0 Å². The summed E-state index contributed by atoms with van der Waals surface area (Å²) in [5.74, 6) is 7.78. The van der Waals surface area contributed by atoms with Gasteiger partial charge in [0.15, 0.2) is 0 Å². The van der Waals surface area contributed by atoms with Crippen LogP contribution in [0.15, 0.2) is 24.3 Å². The molecule has 0 aliphatic carbocycles. The molecule has 0 amide bonds. The number of ether oxygens (including phenoxy) is 1. The van der Waals surface area contributed by atoms with Crippen LogP contribution in [0.25, 0.3) is 0 Å². The summed E-state index contributed by atoms with van der Waals surface area (Å²) in [6, 6.07) is 7.89. The highest BCUT2D eigenvalue weighted by atomic mass is 35.5. The Morgan fingerprint density at radius 1 is 1.25 bits per heavy atom. The normalized spacial score (nSPS) is 9.38. The third-order valence-electron chi connectivity index (χ3n) is 2.00. The molecule has 0 unspecified atom stereocenters. The smallest absolute Gasteiger partial charge is 0.119 e. The summed E-state index contributed by atoms with van der Waals surface area (Å²) in [6.07, 6.45) is 2.84. The Hall–Kier alpha value is -1.13. The van der Waals surface area contributed by atoms with Crippen molar-refractivity contribution in [2.75, 3.05) is 12.5 Å². The fraction of sp³-hybridized carbons (Fsp3) is 0.429. The highest BCUT2D eigenvalue weighted by molar-refractivity contribution is 6.17. The lowest BCUT2D eigenvalue weighted by atomic mass is 10.2. The van der Waals surface area contributed by atoms with Crippen LogP contribution in [0.1, 0.15) is 31.7 Å². The minimum absolute atomic E-state index is 0.679. The average Bonchev–Trinajstić information content (AvgIpc) is 2.33. The first-order chi connectivity index (χ1) is 7.86. The molecule has 1 aromatic carbocycles. The second-order valence-electron chi connectivity index (χ2n) is 3.47. The van der Waals surface area contributed by atoms with Crippen LogP contribution >= 0.6 is 11.6 Å². The van der Waals surface area contributed by atoms with Gasteiger partial charge in [-0.05, 0) is 37.1 Å². The van der Waals surface area contributed by atoms with E-state index in [1.807, 2.05) is 24.3 Å². The van der Waals surface area contributed by atoms with E-state index in [0.29, 0.717) is 5.88 Å². The Morgan fingerprint density at radius 3 is 2.62 bits per heavy atom. The molecule has 0 bridgehead atoms. The first kappa shape index (κ1) is 12.9. The maximum atomic E-state index is 5.57. The quantitative estimate of drug-likeness (QED) is 0.429. The molecule has 86 valence electrons. The van der Waals surface area contributed by atoms with Gasteiger partial charge < -0.3 is 4.74 Å². The van der Waals surface area contributed by atoms with Gasteiger partial charge in [-0.15, -0.1) is 11.6 Å². The standard InChI is InChI=1S/C14H17ClO/c1-2-12-16-14-9-7-13(8-10-14)6-4-3-5-11-15/h7-10H,2-3,5,11-12H2,1H3. The fourth-order valence-electron chi connectivity index (χ4n) is 1.17. The van der Waals surface area contributed by atoms with Gasteiger partial charge in [-0.1, -0.05) is 18.8 Å². The van der Waals surface area contributed by atoms with Gasteiger partial charge in [0.1, 0.15) is 5.75 Å². The fourth-order valence-corrected chi connectivity index (χ4v) is 1.31. The zero-order valence-corrected chi connectivity index (χ0v) is 10.4. The first-order valence-corrected chi connectivity index (χ1v) is 6.18. The molecule has 0 radical (unpaired) electrons. The monoisotopic (exact) mass is 236 g/mol. The number of hydrogen-bond donors (Lipinski definition) is 0. The van der Waals surface area contributed by atoms with Gasteiger partial charge in [0.2, 0.25) is 0 Å². The Morgan fingerprint density at radius 2 is 2.00 bits per heavy atom. The van der Waals surface area contributed by atoms with Crippen molar-refractivity contribution < 1.29 is 4.74 Å². The number of benzene rings is 1. The van der Waals surface area contributed by atoms with E-state index in [1.54, 1.807) is 0 Å². The second kappa shape index (κ2) is 8.07. The van der Waals surface area contributed by atoms with Crippen LogP contribution in [-0.2, 0) is 0 Å². The molecule has 0 saturated heterocycles. The van der Waals surface area contributed by atoms with E-state index >= 15 is 0 Å². The molecule has 0 spiro atoms. The molecule has 16 heavy (non-hydrogen) atoms. The van der Waals surface area contributed by atoms with Gasteiger partial charge in [-0.25, -0.2) is 0 Å². The van der Waals surface area contributed by atoms with Crippen molar-refractivity contribution in [3.05, 3.63) is 29.8 Å². The van der Waals surface area contributed by atoms with Crippen LogP contribution in [0.4, 0.5) is 0 Å². The molecule has 0 fully saturated rings. The van der Waals surface area contributed by atoms with Crippen LogP contribution in [0.5, 0.6) is 5.75 Å². The molecule has 0 saturated carbocycles. The maximum Gasteiger partial charge on any atom is 0.119 e. The molecular formula is C14H17ClO. The number of rotatable bonds is 5. The van der Waals surface area contributed by atoms with Gasteiger partial charge in [0.25, 0.3) is 0 Å². The zero-order chi connectivity index (χ0) is 11.6.